The Balaban J connectivity index is 1.54. The lowest BCUT2D eigenvalue weighted by atomic mass is 10.2. The molecule has 2 N–H and O–H groups in total. The number of nitrogens with one attached hydrogen (secondary N) is 2. The van der Waals surface area contributed by atoms with E-state index in [1.807, 2.05) is 42.7 Å². The van der Waals surface area contributed by atoms with E-state index >= 15 is 0 Å². The number of amides is 1. The number of pyridine rings is 1. The second-order valence-electron chi connectivity index (χ2n) is 7.89. The second kappa shape index (κ2) is 9.50. The van der Waals surface area contributed by atoms with Gasteiger partial charge in [0, 0.05) is 37.4 Å². The van der Waals surface area contributed by atoms with E-state index in [0.717, 1.165) is 29.9 Å². The van der Waals surface area contributed by atoms with Gasteiger partial charge in [-0.25, -0.2) is 4.98 Å². The third-order valence-electron chi connectivity index (χ3n) is 5.20. The number of hydrogen-bond donors (Lipinski definition) is 2. The minimum absolute atomic E-state index is 0.0400. The number of carbonyl (C=O) groups is 1. The maximum absolute atomic E-state index is 12.9. The van der Waals surface area contributed by atoms with Crippen molar-refractivity contribution in [1.82, 2.24) is 24.8 Å². The third-order valence-corrected chi connectivity index (χ3v) is 5.20. The molecule has 0 radical (unpaired) electrons. The Labute approximate surface area is 194 Å². The molecule has 0 unspecified atom stereocenters. The van der Waals surface area contributed by atoms with Gasteiger partial charge in [-0.1, -0.05) is 30.7 Å². The average Bonchev–Trinajstić information content (AvgIpc) is 3.17. The van der Waals surface area contributed by atoms with Crippen LogP contribution in [0.5, 0.6) is 0 Å². The second-order valence-corrected chi connectivity index (χ2v) is 7.89. The normalized spacial score (nSPS) is 11.6. The molecular weight excluding hydrogens is 445 g/mol. The van der Waals surface area contributed by atoms with E-state index in [0.29, 0.717) is 34.7 Å². The van der Waals surface area contributed by atoms with Crippen LogP contribution in [0.25, 0.3) is 11.0 Å². The summed E-state index contributed by atoms with van der Waals surface area (Å²) in [5.74, 6) is 0.0391. The molecule has 0 aliphatic rings. The lowest BCUT2D eigenvalue weighted by Gasteiger charge is -2.08. The fourth-order valence-corrected chi connectivity index (χ4v) is 3.46. The van der Waals surface area contributed by atoms with Crippen LogP contribution in [0.15, 0.2) is 55.0 Å². The quantitative estimate of drug-likeness (QED) is 0.388. The van der Waals surface area contributed by atoms with Crippen molar-refractivity contribution >= 4 is 28.6 Å². The zero-order chi connectivity index (χ0) is 24.3. The van der Waals surface area contributed by atoms with E-state index in [1.54, 1.807) is 12.4 Å². The molecule has 1 aromatic carbocycles. The number of hydrogen-bond acceptors (Lipinski definition) is 5. The van der Waals surface area contributed by atoms with Crippen molar-refractivity contribution in [1.29, 1.82) is 0 Å². The van der Waals surface area contributed by atoms with Gasteiger partial charge in [-0.2, -0.15) is 18.2 Å². The van der Waals surface area contributed by atoms with Crippen molar-refractivity contribution in [3.8, 4) is 0 Å². The van der Waals surface area contributed by atoms with Crippen LogP contribution in [0, 0.1) is 6.92 Å². The molecule has 0 saturated carbocycles. The Kier molecular flexibility index (Phi) is 6.49. The standard InChI is InChI=1S/C24H23F3N6O/c1-3-10-33-14-19(22(34)29-12-16-6-9-20(28-11-16)24(25,26)27)18-13-30-23(32-21(18)33)31-17-7-4-15(2)5-8-17/h4-9,11,13-14H,3,10,12H2,1-2H3,(H,29,34)(H,30,31,32). The fourth-order valence-electron chi connectivity index (χ4n) is 3.46. The fraction of sp³-hybridized carbons (Fsp3) is 0.250. The summed E-state index contributed by atoms with van der Waals surface area (Å²) in [4.78, 5) is 25.3. The maximum Gasteiger partial charge on any atom is 0.433 e. The molecule has 0 bridgehead atoms. The van der Waals surface area contributed by atoms with Crippen LogP contribution in [0.4, 0.5) is 24.8 Å². The van der Waals surface area contributed by atoms with E-state index in [1.165, 1.54) is 6.07 Å². The van der Waals surface area contributed by atoms with E-state index in [2.05, 4.69) is 25.6 Å². The van der Waals surface area contributed by atoms with Gasteiger partial charge in [0.15, 0.2) is 0 Å². The lowest BCUT2D eigenvalue weighted by molar-refractivity contribution is -0.141. The van der Waals surface area contributed by atoms with E-state index in [9.17, 15) is 18.0 Å². The van der Waals surface area contributed by atoms with Crippen LogP contribution in [0.3, 0.4) is 0 Å². The van der Waals surface area contributed by atoms with Crippen LogP contribution in [-0.4, -0.2) is 25.4 Å². The van der Waals surface area contributed by atoms with Gasteiger partial charge in [0.1, 0.15) is 11.3 Å². The van der Waals surface area contributed by atoms with Crippen LogP contribution in [-0.2, 0) is 19.3 Å². The number of halogens is 3. The molecule has 0 aliphatic carbocycles. The van der Waals surface area contributed by atoms with Crippen molar-refractivity contribution in [2.75, 3.05) is 5.32 Å². The van der Waals surface area contributed by atoms with Crippen LogP contribution in [0.2, 0.25) is 0 Å². The summed E-state index contributed by atoms with van der Waals surface area (Å²) in [6, 6.07) is 10.0. The molecule has 3 aromatic heterocycles. The number of rotatable bonds is 7. The highest BCUT2D eigenvalue weighted by molar-refractivity contribution is 6.06. The molecule has 176 valence electrons. The highest BCUT2D eigenvalue weighted by Crippen LogP contribution is 2.27. The SMILES string of the molecule is CCCn1cc(C(=O)NCc2ccc(C(F)(F)F)nc2)c2cnc(Nc3ccc(C)cc3)nc21. The van der Waals surface area contributed by atoms with Crippen LogP contribution in [0.1, 0.15) is 40.5 Å². The summed E-state index contributed by atoms with van der Waals surface area (Å²) < 4.78 is 39.9. The number of alkyl halides is 3. The smallest absolute Gasteiger partial charge is 0.348 e. The molecule has 0 aliphatic heterocycles. The molecular formula is C24H23F3N6O. The Morgan fingerprint density at radius 3 is 2.47 bits per heavy atom. The van der Waals surface area contributed by atoms with Crippen molar-refractivity contribution < 1.29 is 18.0 Å². The number of benzene rings is 1. The lowest BCUT2D eigenvalue weighted by Crippen LogP contribution is -2.23. The largest absolute Gasteiger partial charge is 0.433 e. The molecule has 0 atom stereocenters. The van der Waals surface area contributed by atoms with Gasteiger partial charge >= 0.3 is 6.18 Å². The Morgan fingerprint density at radius 1 is 1.06 bits per heavy atom. The third kappa shape index (κ3) is 5.16. The van der Waals surface area contributed by atoms with Gasteiger partial charge in [-0.05, 0) is 37.1 Å². The Morgan fingerprint density at radius 2 is 1.82 bits per heavy atom. The number of aromatic nitrogens is 4. The van der Waals surface area contributed by atoms with Gasteiger partial charge in [0.25, 0.3) is 5.91 Å². The first-order valence-corrected chi connectivity index (χ1v) is 10.7. The molecule has 0 saturated heterocycles. The van der Waals surface area contributed by atoms with Crippen LogP contribution < -0.4 is 10.6 Å². The molecule has 7 nitrogen and oxygen atoms in total. The van der Waals surface area contributed by atoms with Gasteiger partial charge in [-0.3, -0.25) is 9.78 Å². The summed E-state index contributed by atoms with van der Waals surface area (Å²) in [6.45, 7) is 4.73. The topological polar surface area (TPSA) is 84.7 Å². The first kappa shape index (κ1) is 23.2. The van der Waals surface area contributed by atoms with Crippen molar-refractivity contribution in [2.45, 2.75) is 39.5 Å². The Hall–Kier alpha value is -3.95. The number of fused-ring (bicyclic) bond motifs is 1. The molecule has 3 heterocycles. The number of anilines is 2. The summed E-state index contributed by atoms with van der Waals surface area (Å²) in [5, 5.41) is 6.49. The van der Waals surface area contributed by atoms with E-state index < -0.39 is 11.9 Å². The highest BCUT2D eigenvalue weighted by atomic mass is 19.4. The first-order valence-electron chi connectivity index (χ1n) is 10.7. The van der Waals surface area contributed by atoms with Gasteiger partial charge in [-0.15, -0.1) is 0 Å². The van der Waals surface area contributed by atoms with Gasteiger partial charge in [0.2, 0.25) is 5.95 Å². The summed E-state index contributed by atoms with van der Waals surface area (Å²) >= 11 is 0. The van der Waals surface area contributed by atoms with Gasteiger partial charge in [0.05, 0.1) is 10.9 Å². The molecule has 34 heavy (non-hydrogen) atoms. The predicted molar refractivity (Wildman–Crippen MR) is 123 cm³/mol. The molecule has 1 amide bonds. The maximum atomic E-state index is 12.9. The minimum Gasteiger partial charge on any atom is -0.348 e. The number of aryl methyl sites for hydroxylation is 2. The summed E-state index contributed by atoms with van der Waals surface area (Å²) in [5.41, 5.74) is 2.48. The molecule has 0 fully saturated rings. The zero-order valence-electron chi connectivity index (χ0n) is 18.6. The van der Waals surface area contributed by atoms with Crippen LogP contribution >= 0.6 is 0 Å². The first-order chi connectivity index (χ1) is 16.2. The summed E-state index contributed by atoms with van der Waals surface area (Å²) in [7, 11) is 0. The van der Waals surface area contributed by atoms with E-state index in [-0.39, 0.29) is 12.5 Å². The highest BCUT2D eigenvalue weighted by Gasteiger charge is 2.32. The predicted octanol–water partition coefficient (Wildman–Crippen LogP) is 5.24. The van der Waals surface area contributed by atoms with Crippen molar-refractivity contribution in [2.24, 2.45) is 0 Å². The number of carbonyl (C=O) groups excluding carboxylic acids is 1. The average molecular weight is 468 g/mol. The molecule has 0 spiro atoms. The molecule has 4 aromatic rings. The van der Waals surface area contributed by atoms with Gasteiger partial charge < -0.3 is 15.2 Å². The summed E-state index contributed by atoms with van der Waals surface area (Å²) in [6.07, 6.45) is 0.761. The molecule has 4 rings (SSSR count). The van der Waals surface area contributed by atoms with Crippen molar-refractivity contribution in [3.05, 3.63) is 77.4 Å². The molecule has 10 heteroatoms. The minimum atomic E-state index is -4.50. The zero-order valence-corrected chi connectivity index (χ0v) is 18.6. The monoisotopic (exact) mass is 468 g/mol. The van der Waals surface area contributed by atoms with E-state index in [4.69, 9.17) is 0 Å². The number of nitrogens with zero attached hydrogens (tertiary/aromatic N) is 4. The Bertz CT molecular complexity index is 1300. The van der Waals surface area contributed by atoms with Crippen molar-refractivity contribution in [3.63, 3.8) is 0 Å².